The van der Waals surface area contributed by atoms with Gasteiger partial charge in [0.15, 0.2) is 9.75 Å². The van der Waals surface area contributed by atoms with E-state index in [4.69, 9.17) is 23.2 Å². The number of allylic oxidation sites excluding steroid dienone is 2. The van der Waals surface area contributed by atoms with Crippen LogP contribution in [0.3, 0.4) is 0 Å². The van der Waals surface area contributed by atoms with E-state index in [-0.39, 0.29) is 24.0 Å². The van der Waals surface area contributed by atoms with Crippen LogP contribution in [-0.4, -0.2) is 60.9 Å². The number of nitrogens with zero attached hydrogens (tertiary/aromatic N) is 2. The Morgan fingerprint density at radius 3 is 2.29 bits per heavy atom. The topological polar surface area (TPSA) is 95.0 Å². The Morgan fingerprint density at radius 2 is 1.69 bits per heavy atom. The zero-order chi connectivity index (χ0) is 25.8. The first-order chi connectivity index (χ1) is 16.2. The van der Waals surface area contributed by atoms with E-state index in [1.165, 1.54) is 18.0 Å². The van der Waals surface area contributed by atoms with Gasteiger partial charge in [0.2, 0.25) is 11.8 Å². The number of aryl methyl sites for hydroxylation is 1. The van der Waals surface area contributed by atoms with Gasteiger partial charge in [-0.1, -0.05) is 23.8 Å². The van der Waals surface area contributed by atoms with Crippen LogP contribution in [0.5, 0.6) is 5.75 Å². The third-order valence-corrected chi connectivity index (χ3v) is 9.65. The number of likely N-dealkylation sites (tertiary alicyclic amines) is 2. The second-order valence-electron chi connectivity index (χ2n) is 11.2. The smallest absolute Gasteiger partial charge is 0.253 e. The molecule has 0 radical (unpaired) electrons. The van der Waals surface area contributed by atoms with Crippen LogP contribution in [0.2, 0.25) is 0 Å². The maximum Gasteiger partial charge on any atom is 0.253 e. The average molecular weight is 519 g/mol. The predicted molar refractivity (Wildman–Crippen MR) is 130 cm³/mol. The number of amides is 4. The van der Waals surface area contributed by atoms with Crippen LogP contribution in [0.15, 0.2) is 29.8 Å². The molecule has 186 valence electrons. The zero-order valence-electron chi connectivity index (χ0n) is 20.3. The van der Waals surface area contributed by atoms with Crippen LogP contribution in [-0.2, 0) is 19.2 Å². The van der Waals surface area contributed by atoms with E-state index in [9.17, 15) is 24.3 Å². The highest BCUT2D eigenvalue weighted by molar-refractivity contribution is 6.53. The molecule has 0 spiro atoms. The Labute approximate surface area is 214 Å². The molecule has 9 heteroatoms. The van der Waals surface area contributed by atoms with Crippen molar-refractivity contribution in [1.82, 2.24) is 9.80 Å². The van der Waals surface area contributed by atoms with Gasteiger partial charge in [0.05, 0.1) is 11.8 Å². The van der Waals surface area contributed by atoms with Gasteiger partial charge in [0.25, 0.3) is 11.8 Å². The molecule has 5 rings (SSSR count). The largest absolute Gasteiger partial charge is 0.508 e. The van der Waals surface area contributed by atoms with Gasteiger partial charge in [-0.15, -0.1) is 23.2 Å². The number of hydrogen-bond donors (Lipinski definition) is 1. The number of imide groups is 2. The standard InChI is InChI=1S/C26H28Cl2N2O5/c1-12-10-13(6-9-17(12)31)19-14-7-8-15-18(21(33)30(20(15)32)24(2,3)4)16(14)11-25(27)22(34)29(5)23(35)26(19,25)28/h6-7,9-10,15-16,18-19,31H,8,11H2,1-5H3/t15-,16+,18-,19-,25+,26-/m0/s1. The predicted octanol–water partition coefficient (Wildman–Crippen LogP) is 3.49. The molecule has 1 aromatic carbocycles. The molecular formula is C26H28Cl2N2O5. The van der Waals surface area contributed by atoms with E-state index >= 15 is 0 Å². The van der Waals surface area contributed by atoms with Crippen molar-refractivity contribution in [2.75, 3.05) is 7.05 Å². The Morgan fingerprint density at radius 1 is 1.03 bits per heavy atom. The number of hydrogen-bond acceptors (Lipinski definition) is 5. The summed E-state index contributed by atoms with van der Waals surface area (Å²) in [4.78, 5) is 52.6. The second kappa shape index (κ2) is 7.32. The van der Waals surface area contributed by atoms with Crippen molar-refractivity contribution >= 4 is 46.8 Å². The van der Waals surface area contributed by atoms with Gasteiger partial charge >= 0.3 is 0 Å². The van der Waals surface area contributed by atoms with Crippen LogP contribution < -0.4 is 0 Å². The number of benzene rings is 1. The van der Waals surface area contributed by atoms with Crippen LogP contribution in [0.25, 0.3) is 0 Å². The van der Waals surface area contributed by atoms with Gasteiger partial charge in [-0.05, 0) is 63.6 Å². The average Bonchev–Trinajstić information content (AvgIpc) is 3.11. The lowest BCUT2D eigenvalue weighted by molar-refractivity contribution is -0.146. The first-order valence-electron chi connectivity index (χ1n) is 11.7. The number of aromatic hydroxyl groups is 1. The van der Waals surface area contributed by atoms with Crippen molar-refractivity contribution in [2.45, 2.75) is 61.7 Å². The van der Waals surface area contributed by atoms with Crippen molar-refractivity contribution in [1.29, 1.82) is 0 Å². The number of phenols is 1. The Balaban J connectivity index is 1.73. The fourth-order valence-corrected chi connectivity index (χ4v) is 7.66. The molecule has 1 saturated carbocycles. The van der Waals surface area contributed by atoms with Crippen LogP contribution in [0.4, 0.5) is 0 Å². The Kier molecular flexibility index (Phi) is 5.09. The fourth-order valence-electron chi connectivity index (χ4n) is 6.64. The van der Waals surface area contributed by atoms with Crippen molar-refractivity contribution in [3.8, 4) is 5.75 Å². The fraction of sp³-hybridized carbons (Fsp3) is 0.538. The van der Waals surface area contributed by atoms with Crippen LogP contribution in [0.1, 0.15) is 50.7 Å². The number of rotatable bonds is 1. The summed E-state index contributed by atoms with van der Waals surface area (Å²) in [5, 5.41) is 10.1. The van der Waals surface area contributed by atoms with Gasteiger partial charge in [-0.2, -0.15) is 0 Å². The van der Waals surface area contributed by atoms with E-state index in [0.717, 1.165) is 10.5 Å². The first kappa shape index (κ1) is 24.3. The molecule has 6 atom stereocenters. The molecule has 4 amide bonds. The summed E-state index contributed by atoms with van der Waals surface area (Å²) in [5.74, 6) is -4.21. The van der Waals surface area contributed by atoms with E-state index in [0.29, 0.717) is 17.5 Å². The lowest BCUT2D eigenvalue weighted by Crippen LogP contribution is -2.60. The summed E-state index contributed by atoms with van der Waals surface area (Å²) < 4.78 is 0. The highest BCUT2D eigenvalue weighted by Gasteiger charge is 2.76. The van der Waals surface area contributed by atoms with E-state index in [1.807, 2.05) is 26.8 Å². The summed E-state index contributed by atoms with van der Waals surface area (Å²) in [7, 11) is 1.36. The molecule has 2 heterocycles. The van der Waals surface area contributed by atoms with Gasteiger partial charge < -0.3 is 5.11 Å². The third kappa shape index (κ3) is 2.91. The first-order valence-corrected chi connectivity index (χ1v) is 12.5. The minimum Gasteiger partial charge on any atom is -0.508 e. The number of carbonyl (C=O) groups is 4. The van der Waals surface area contributed by atoms with E-state index < -0.39 is 50.8 Å². The highest BCUT2D eigenvalue weighted by Crippen LogP contribution is 2.65. The molecule has 0 aromatic heterocycles. The minimum absolute atomic E-state index is 0.0233. The molecule has 35 heavy (non-hydrogen) atoms. The number of carbonyl (C=O) groups excluding carboxylic acids is 4. The minimum atomic E-state index is -1.81. The summed E-state index contributed by atoms with van der Waals surface area (Å²) in [5.41, 5.74) is 1.25. The van der Waals surface area contributed by atoms with Crippen molar-refractivity contribution in [3.63, 3.8) is 0 Å². The maximum atomic E-state index is 13.7. The highest BCUT2D eigenvalue weighted by atomic mass is 35.5. The molecule has 3 fully saturated rings. The summed E-state index contributed by atoms with van der Waals surface area (Å²) >= 11 is 14.2. The number of phenolic OH excluding ortho intramolecular Hbond substituents is 1. The number of alkyl halides is 2. The summed E-state index contributed by atoms with van der Waals surface area (Å²) in [6, 6.07) is 4.92. The van der Waals surface area contributed by atoms with Crippen LogP contribution >= 0.6 is 23.2 Å². The maximum absolute atomic E-state index is 13.7. The lowest BCUT2D eigenvalue weighted by atomic mass is 9.56. The van der Waals surface area contributed by atoms with E-state index in [2.05, 4.69) is 0 Å². The molecule has 2 saturated heterocycles. The second-order valence-corrected chi connectivity index (χ2v) is 12.5. The lowest BCUT2D eigenvalue weighted by Gasteiger charge is -2.51. The molecule has 2 aliphatic carbocycles. The number of fused-ring (bicyclic) bond motifs is 4. The monoisotopic (exact) mass is 518 g/mol. The van der Waals surface area contributed by atoms with Crippen molar-refractivity contribution in [2.24, 2.45) is 17.8 Å². The molecule has 7 nitrogen and oxygen atoms in total. The van der Waals surface area contributed by atoms with Crippen molar-refractivity contribution < 1.29 is 24.3 Å². The molecule has 4 aliphatic rings. The normalized spacial score (nSPS) is 36.8. The summed E-state index contributed by atoms with van der Waals surface area (Å²) in [6.45, 7) is 7.18. The SMILES string of the molecule is Cc1cc([C@H]2C3=CC[C@@H]4C(=O)N(C(C)(C)C)C(=O)[C@@H]4[C@@H]3C[C@@]3(Cl)C(=O)N(C)C(=O)[C@@]23Cl)ccc1O. The van der Waals surface area contributed by atoms with Crippen molar-refractivity contribution in [3.05, 3.63) is 41.0 Å². The quantitative estimate of drug-likeness (QED) is 0.348. The number of halogens is 2. The summed E-state index contributed by atoms with van der Waals surface area (Å²) in [6.07, 6.45) is 2.22. The van der Waals surface area contributed by atoms with Crippen LogP contribution in [0, 0.1) is 24.7 Å². The molecule has 0 unspecified atom stereocenters. The Bertz CT molecular complexity index is 1240. The molecule has 2 aliphatic heterocycles. The van der Waals surface area contributed by atoms with Gasteiger partial charge in [-0.25, -0.2) is 0 Å². The third-order valence-electron chi connectivity index (χ3n) is 8.24. The van der Waals surface area contributed by atoms with E-state index in [1.54, 1.807) is 19.1 Å². The zero-order valence-corrected chi connectivity index (χ0v) is 21.8. The molecular weight excluding hydrogens is 491 g/mol. The molecule has 0 bridgehead atoms. The van der Waals surface area contributed by atoms with Gasteiger partial charge in [-0.3, -0.25) is 29.0 Å². The van der Waals surface area contributed by atoms with Gasteiger partial charge in [0, 0.05) is 18.5 Å². The molecule has 1 aromatic rings. The van der Waals surface area contributed by atoms with Gasteiger partial charge in [0.1, 0.15) is 5.75 Å². The molecule has 1 N–H and O–H groups in total. The Hall–Kier alpha value is -2.38.